The molecule has 1 N–H and O–H groups in total. The number of nitrogens with zero attached hydrogens (tertiary/aromatic N) is 2. The van der Waals surface area contributed by atoms with Gasteiger partial charge in [-0.1, -0.05) is 6.07 Å². The summed E-state index contributed by atoms with van der Waals surface area (Å²) < 4.78 is 14.5. The Morgan fingerprint density at radius 1 is 1.56 bits per heavy atom. The predicted molar refractivity (Wildman–Crippen MR) is 63.2 cm³/mol. The second-order valence-corrected chi connectivity index (χ2v) is 4.62. The fraction of sp³-hybridized carbons (Fsp3) is 0.182. The molecule has 0 radical (unpaired) electrons. The van der Waals surface area contributed by atoms with Crippen LogP contribution in [-0.2, 0) is 17.8 Å². The molecule has 7 heteroatoms. The summed E-state index contributed by atoms with van der Waals surface area (Å²) in [7, 11) is 0. The minimum atomic E-state index is -1.22. The molecule has 0 aromatic carbocycles. The van der Waals surface area contributed by atoms with Crippen molar-refractivity contribution in [2.24, 2.45) is 0 Å². The second-order valence-electron chi connectivity index (χ2n) is 3.59. The minimum Gasteiger partial charge on any atom is -0.480 e. The van der Waals surface area contributed by atoms with Crippen molar-refractivity contribution < 1.29 is 14.3 Å². The third kappa shape index (κ3) is 2.62. The van der Waals surface area contributed by atoms with Gasteiger partial charge >= 0.3 is 5.97 Å². The van der Waals surface area contributed by atoms with Gasteiger partial charge in [-0.3, -0.25) is 14.2 Å². The van der Waals surface area contributed by atoms with E-state index in [0.29, 0.717) is 0 Å². The van der Waals surface area contributed by atoms with Crippen molar-refractivity contribution in [3.8, 4) is 0 Å². The van der Waals surface area contributed by atoms with Crippen LogP contribution in [0.25, 0.3) is 0 Å². The van der Waals surface area contributed by atoms with Gasteiger partial charge in [0.25, 0.3) is 5.56 Å². The number of thiophene rings is 1. The van der Waals surface area contributed by atoms with Crippen LogP contribution in [0.2, 0.25) is 0 Å². The maximum Gasteiger partial charge on any atom is 0.323 e. The van der Waals surface area contributed by atoms with E-state index in [0.717, 1.165) is 15.8 Å². The maximum absolute atomic E-state index is 13.7. The van der Waals surface area contributed by atoms with Gasteiger partial charge < -0.3 is 5.11 Å². The molecular formula is C11H9FN2O3S. The van der Waals surface area contributed by atoms with Gasteiger partial charge in [-0.25, -0.2) is 4.98 Å². The normalized spacial score (nSPS) is 10.5. The van der Waals surface area contributed by atoms with Crippen LogP contribution in [0.5, 0.6) is 0 Å². The van der Waals surface area contributed by atoms with Crippen LogP contribution in [0.15, 0.2) is 28.6 Å². The predicted octanol–water partition coefficient (Wildman–Crippen LogP) is 1.12. The molecule has 0 aliphatic heterocycles. The van der Waals surface area contributed by atoms with Crippen molar-refractivity contribution in [1.29, 1.82) is 0 Å². The molecule has 0 aliphatic rings. The van der Waals surface area contributed by atoms with E-state index < -0.39 is 23.9 Å². The number of halogens is 1. The zero-order valence-corrected chi connectivity index (χ0v) is 9.98. The Morgan fingerprint density at radius 2 is 2.33 bits per heavy atom. The van der Waals surface area contributed by atoms with Crippen molar-refractivity contribution in [2.75, 3.05) is 0 Å². The van der Waals surface area contributed by atoms with Crippen molar-refractivity contribution in [1.82, 2.24) is 9.55 Å². The lowest BCUT2D eigenvalue weighted by molar-refractivity contribution is -0.137. The number of carboxylic acid groups (broad SMARTS) is 1. The second kappa shape index (κ2) is 5.09. The average Bonchev–Trinajstić information content (AvgIpc) is 2.81. The Balaban J connectivity index is 2.32. The first kappa shape index (κ1) is 12.4. The molecule has 0 saturated carbocycles. The van der Waals surface area contributed by atoms with E-state index in [9.17, 15) is 14.0 Å². The number of carboxylic acids is 1. The molecule has 0 atom stereocenters. The lowest BCUT2D eigenvalue weighted by Crippen LogP contribution is -2.28. The molecule has 0 amide bonds. The molecule has 2 heterocycles. The Labute approximate surface area is 105 Å². The number of hydrogen-bond acceptors (Lipinski definition) is 4. The summed E-state index contributed by atoms with van der Waals surface area (Å²) >= 11 is 1.44. The lowest BCUT2D eigenvalue weighted by Gasteiger charge is -2.04. The summed E-state index contributed by atoms with van der Waals surface area (Å²) in [6, 6.07) is 3.64. The molecule has 94 valence electrons. The first-order chi connectivity index (χ1) is 8.58. The third-order valence-corrected chi connectivity index (χ3v) is 3.16. The quantitative estimate of drug-likeness (QED) is 0.902. The molecule has 18 heavy (non-hydrogen) atoms. The highest BCUT2D eigenvalue weighted by Crippen LogP contribution is 2.13. The van der Waals surface area contributed by atoms with Crippen molar-refractivity contribution >= 4 is 17.3 Å². The molecule has 0 spiro atoms. The monoisotopic (exact) mass is 268 g/mol. The van der Waals surface area contributed by atoms with Crippen LogP contribution in [0.4, 0.5) is 4.39 Å². The molecular weight excluding hydrogens is 259 g/mol. The topological polar surface area (TPSA) is 72.2 Å². The van der Waals surface area contributed by atoms with Crippen molar-refractivity contribution in [3.05, 3.63) is 50.6 Å². The molecule has 2 aromatic heterocycles. The summed E-state index contributed by atoms with van der Waals surface area (Å²) in [5, 5.41) is 10.4. The number of hydrogen-bond donors (Lipinski definition) is 1. The number of rotatable bonds is 4. The van der Waals surface area contributed by atoms with E-state index in [1.54, 1.807) is 0 Å². The molecule has 5 nitrogen and oxygen atoms in total. The summed E-state index contributed by atoms with van der Waals surface area (Å²) in [6.07, 6.45) is 1.29. The van der Waals surface area contributed by atoms with Crippen LogP contribution < -0.4 is 5.56 Å². The SMILES string of the molecule is O=C(O)Cn1cnc(Cc2cccs2)c(F)c1=O. The zero-order valence-electron chi connectivity index (χ0n) is 9.17. The van der Waals surface area contributed by atoms with E-state index in [-0.39, 0.29) is 12.1 Å². The highest BCUT2D eigenvalue weighted by atomic mass is 32.1. The van der Waals surface area contributed by atoms with Gasteiger partial charge in [0.2, 0.25) is 5.82 Å². The van der Waals surface area contributed by atoms with Crippen molar-refractivity contribution in [3.63, 3.8) is 0 Å². The van der Waals surface area contributed by atoms with E-state index in [4.69, 9.17) is 5.11 Å². The summed E-state index contributed by atoms with van der Waals surface area (Å²) in [6.45, 7) is -0.595. The van der Waals surface area contributed by atoms with Crippen molar-refractivity contribution in [2.45, 2.75) is 13.0 Å². The molecule has 0 aliphatic carbocycles. The fourth-order valence-electron chi connectivity index (χ4n) is 1.46. The maximum atomic E-state index is 13.7. The van der Waals surface area contributed by atoms with E-state index >= 15 is 0 Å². The van der Waals surface area contributed by atoms with Crippen LogP contribution in [0.3, 0.4) is 0 Å². The highest BCUT2D eigenvalue weighted by molar-refractivity contribution is 7.09. The van der Waals surface area contributed by atoms with Gasteiger partial charge in [0, 0.05) is 11.3 Å². The number of aliphatic carboxylic acids is 1. The zero-order chi connectivity index (χ0) is 13.1. The average molecular weight is 268 g/mol. The molecule has 0 unspecified atom stereocenters. The first-order valence-corrected chi connectivity index (χ1v) is 5.94. The summed E-state index contributed by atoms with van der Waals surface area (Å²) in [5.41, 5.74) is -0.928. The van der Waals surface area contributed by atoms with Gasteiger partial charge in [-0.05, 0) is 11.4 Å². The molecule has 2 rings (SSSR count). The van der Waals surface area contributed by atoms with Gasteiger partial charge in [0.05, 0.1) is 12.0 Å². The van der Waals surface area contributed by atoms with Crippen LogP contribution in [0.1, 0.15) is 10.6 Å². The van der Waals surface area contributed by atoms with Gasteiger partial charge in [-0.2, -0.15) is 4.39 Å². The number of aromatic nitrogens is 2. The molecule has 2 aromatic rings. The standard InChI is InChI=1S/C11H9FN2O3S/c12-10-8(4-7-2-1-3-18-7)13-6-14(11(10)17)5-9(15)16/h1-3,6H,4-5H2,(H,15,16). The van der Waals surface area contributed by atoms with Gasteiger partial charge in [0.15, 0.2) is 0 Å². The van der Waals surface area contributed by atoms with Crippen LogP contribution in [-0.4, -0.2) is 20.6 Å². The van der Waals surface area contributed by atoms with Gasteiger partial charge in [-0.15, -0.1) is 11.3 Å². The Kier molecular flexibility index (Phi) is 3.52. The summed E-state index contributed by atoms with van der Waals surface area (Å²) in [5.74, 6) is -2.21. The van der Waals surface area contributed by atoms with E-state index in [2.05, 4.69) is 4.98 Å². The number of carbonyl (C=O) groups is 1. The Hall–Kier alpha value is -2.02. The molecule has 0 bridgehead atoms. The first-order valence-electron chi connectivity index (χ1n) is 5.06. The summed E-state index contributed by atoms with van der Waals surface area (Å²) in [4.78, 5) is 26.7. The van der Waals surface area contributed by atoms with E-state index in [1.807, 2.05) is 17.5 Å². The molecule has 0 fully saturated rings. The van der Waals surface area contributed by atoms with Crippen LogP contribution in [0, 0.1) is 5.82 Å². The third-order valence-electron chi connectivity index (χ3n) is 2.28. The van der Waals surface area contributed by atoms with Crippen LogP contribution >= 0.6 is 11.3 Å². The minimum absolute atomic E-state index is 0.0316. The largest absolute Gasteiger partial charge is 0.480 e. The van der Waals surface area contributed by atoms with Gasteiger partial charge in [0.1, 0.15) is 6.54 Å². The van der Waals surface area contributed by atoms with E-state index in [1.165, 1.54) is 11.3 Å². The smallest absolute Gasteiger partial charge is 0.323 e. The Bertz CT molecular complexity index is 622. The highest BCUT2D eigenvalue weighted by Gasteiger charge is 2.13. The fourth-order valence-corrected chi connectivity index (χ4v) is 2.17. The molecule has 0 saturated heterocycles. The Morgan fingerprint density at radius 3 is 2.94 bits per heavy atom. The lowest BCUT2D eigenvalue weighted by atomic mass is 10.2.